The van der Waals surface area contributed by atoms with Crippen LogP contribution in [-0.2, 0) is 14.3 Å². The largest absolute Gasteiger partial charge is 0.479 e. The minimum Gasteiger partial charge on any atom is -0.479 e. The van der Waals surface area contributed by atoms with Crippen LogP contribution in [0.5, 0.6) is 0 Å². The maximum absolute atomic E-state index is 11.6. The summed E-state index contributed by atoms with van der Waals surface area (Å²) in [5.74, 6) is -1.40. The average molecular weight is 325 g/mol. The van der Waals surface area contributed by atoms with Crippen LogP contribution in [0.25, 0.3) is 0 Å². The third-order valence-electron chi connectivity index (χ3n) is 3.03. The minimum atomic E-state index is -1.13. The summed E-state index contributed by atoms with van der Waals surface area (Å²) in [5.41, 5.74) is 0.738. The molecule has 0 saturated carbocycles. The lowest BCUT2D eigenvalue weighted by molar-refractivity contribution is -0.384. The van der Waals surface area contributed by atoms with Gasteiger partial charge in [0.25, 0.3) is 5.69 Å². The van der Waals surface area contributed by atoms with E-state index in [9.17, 15) is 19.7 Å². The normalized spacial score (nSPS) is 11.5. The molecule has 0 bridgehead atoms. The molecule has 0 aliphatic carbocycles. The van der Waals surface area contributed by atoms with E-state index < -0.39 is 17.0 Å². The summed E-state index contributed by atoms with van der Waals surface area (Å²) in [5, 5.41) is 24.8. The minimum absolute atomic E-state index is 0.0149. The number of rotatable bonds is 10. The molecule has 0 radical (unpaired) electrons. The Kier molecular flexibility index (Phi) is 7.48. The second-order valence-electron chi connectivity index (χ2n) is 4.70. The zero-order valence-electron chi connectivity index (χ0n) is 12.7. The number of aliphatic carboxylic acids is 1. The van der Waals surface area contributed by atoms with Crippen molar-refractivity contribution in [2.24, 2.45) is 0 Å². The number of benzene rings is 1. The second kappa shape index (κ2) is 9.36. The van der Waals surface area contributed by atoms with Gasteiger partial charge >= 0.3 is 5.97 Å². The van der Waals surface area contributed by atoms with Crippen LogP contribution < -0.4 is 10.6 Å². The highest BCUT2D eigenvalue weighted by atomic mass is 16.6. The van der Waals surface area contributed by atoms with Crippen molar-refractivity contribution in [1.29, 1.82) is 0 Å². The quantitative estimate of drug-likeness (QED) is 0.332. The van der Waals surface area contributed by atoms with Gasteiger partial charge in [0.05, 0.1) is 11.5 Å². The summed E-state index contributed by atoms with van der Waals surface area (Å²) in [4.78, 5) is 32.3. The Bertz CT molecular complexity index is 546. The molecule has 0 aromatic heterocycles. The summed E-state index contributed by atoms with van der Waals surface area (Å²) in [6.45, 7) is 0.429. The van der Waals surface area contributed by atoms with E-state index in [0.29, 0.717) is 13.0 Å². The summed E-state index contributed by atoms with van der Waals surface area (Å²) in [7, 11) is 1.26. The number of non-ortho nitro benzene ring substituents is 1. The van der Waals surface area contributed by atoms with Gasteiger partial charge in [-0.05, 0) is 18.6 Å². The summed E-state index contributed by atoms with van der Waals surface area (Å²) < 4.78 is 4.70. The number of amides is 1. The van der Waals surface area contributed by atoms with Gasteiger partial charge in [0.1, 0.15) is 0 Å². The van der Waals surface area contributed by atoms with E-state index in [0.717, 1.165) is 5.69 Å². The molecule has 0 heterocycles. The van der Waals surface area contributed by atoms with Gasteiger partial charge < -0.3 is 20.5 Å². The molecule has 0 spiro atoms. The molecule has 0 saturated heterocycles. The lowest BCUT2D eigenvalue weighted by atomic mass is 10.2. The van der Waals surface area contributed by atoms with Gasteiger partial charge in [-0.25, -0.2) is 4.79 Å². The van der Waals surface area contributed by atoms with Crippen molar-refractivity contribution in [2.75, 3.05) is 25.5 Å². The number of methoxy groups -OCH3 is 1. The molecule has 1 atom stereocenters. The van der Waals surface area contributed by atoms with E-state index in [2.05, 4.69) is 10.6 Å². The summed E-state index contributed by atoms with van der Waals surface area (Å²) in [6, 6.07) is 5.97. The highest BCUT2D eigenvalue weighted by Gasteiger charge is 2.16. The van der Waals surface area contributed by atoms with Crippen molar-refractivity contribution < 1.29 is 24.4 Å². The Hall–Kier alpha value is -2.68. The van der Waals surface area contributed by atoms with Gasteiger partial charge in [-0.2, -0.15) is 0 Å². The van der Waals surface area contributed by atoms with Gasteiger partial charge in [0.15, 0.2) is 6.10 Å². The molecule has 3 N–H and O–H groups in total. The molecule has 1 aromatic carbocycles. The highest BCUT2D eigenvalue weighted by Crippen LogP contribution is 2.15. The number of ether oxygens (including phenoxy) is 1. The monoisotopic (exact) mass is 325 g/mol. The molecule has 126 valence electrons. The lowest BCUT2D eigenvalue weighted by Crippen LogP contribution is -2.37. The van der Waals surface area contributed by atoms with Crippen molar-refractivity contribution in [3.05, 3.63) is 34.4 Å². The number of hydrogen-bond acceptors (Lipinski definition) is 6. The summed E-state index contributed by atoms with van der Waals surface area (Å²) in [6.07, 6.45) is -0.291. The fourth-order valence-electron chi connectivity index (χ4n) is 1.75. The van der Waals surface area contributed by atoms with Gasteiger partial charge in [-0.3, -0.25) is 14.9 Å². The van der Waals surface area contributed by atoms with Crippen LogP contribution in [0.1, 0.15) is 12.8 Å². The molecular formula is C14H19N3O6. The van der Waals surface area contributed by atoms with Crippen LogP contribution in [0.15, 0.2) is 24.3 Å². The molecule has 0 aliphatic rings. The first-order valence-corrected chi connectivity index (χ1v) is 6.94. The fraction of sp³-hybridized carbons (Fsp3) is 0.429. The van der Waals surface area contributed by atoms with Crippen LogP contribution in [0.4, 0.5) is 11.4 Å². The number of nitrogens with one attached hydrogen (secondary N) is 2. The molecule has 1 aromatic rings. The van der Waals surface area contributed by atoms with Crippen LogP contribution in [0.3, 0.4) is 0 Å². The number of nitrogens with zero attached hydrogens (tertiary/aromatic N) is 1. The molecule has 1 rings (SSSR count). The maximum atomic E-state index is 11.6. The van der Waals surface area contributed by atoms with E-state index in [1.807, 2.05) is 0 Å². The van der Waals surface area contributed by atoms with Gasteiger partial charge in [0.2, 0.25) is 5.91 Å². The Morgan fingerprint density at radius 3 is 2.52 bits per heavy atom. The second-order valence-corrected chi connectivity index (χ2v) is 4.70. The van der Waals surface area contributed by atoms with Crippen molar-refractivity contribution in [1.82, 2.24) is 5.32 Å². The Balaban J connectivity index is 2.22. The first kappa shape index (κ1) is 18.4. The molecule has 9 nitrogen and oxygen atoms in total. The molecule has 9 heteroatoms. The average Bonchev–Trinajstić information content (AvgIpc) is 2.52. The van der Waals surface area contributed by atoms with Crippen molar-refractivity contribution in [3.8, 4) is 0 Å². The molecule has 1 unspecified atom stereocenters. The van der Waals surface area contributed by atoms with E-state index in [-0.39, 0.29) is 24.6 Å². The zero-order valence-corrected chi connectivity index (χ0v) is 12.7. The van der Waals surface area contributed by atoms with E-state index in [1.165, 1.54) is 19.2 Å². The summed E-state index contributed by atoms with van der Waals surface area (Å²) >= 11 is 0. The predicted molar refractivity (Wildman–Crippen MR) is 82.3 cm³/mol. The lowest BCUT2D eigenvalue weighted by Gasteiger charge is -2.11. The van der Waals surface area contributed by atoms with Crippen LogP contribution in [0.2, 0.25) is 0 Å². The fourth-order valence-corrected chi connectivity index (χ4v) is 1.75. The highest BCUT2D eigenvalue weighted by molar-refractivity contribution is 5.78. The van der Waals surface area contributed by atoms with Gasteiger partial charge in [-0.15, -0.1) is 0 Å². The SMILES string of the molecule is COC(CNC(=O)CCCNc1ccc([N+](=O)[O-])cc1)C(=O)O. The number of anilines is 1. The molecule has 0 fully saturated rings. The number of nitro benzene ring substituents is 1. The van der Waals surface area contributed by atoms with Crippen molar-refractivity contribution in [2.45, 2.75) is 18.9 Å². The number of carbonyl (C=O) groups is 2. The first-order valence-electron chi connectivity index (χ1n) is 6.94. The zero-order chi connectivity index (χ0) is 17.2. The van der Waals surface area contributed by atoms with Crippen molar-refractivity contribution in [3.63, 3.8) is 0 Å². The van der Waals surface area contributed by atoms with Crippen LogP contribution >= 0.6 is 0 Å². The standard InChI is InChI=1S/C14H19N3O6/c1-23-12(14(19)20)9-16-13(18)3-2-8-15-10-4-6-11(7-5-10)17(21)22/h4-7,12,15H,2-3,8-9H2,1H3,(H,16,18)(H,19,20). The maximum Gasteiger partial charge on any atom is 0.334 e. The van der Waals surface area contributed by atoms with Crippen LogP contribution in [0, 0.1) is 10.1 Å². The first-order chi connectivity index (χ1) is 10.9. The van der Waals surface area contributed by atoms with E-state index in [1.54, 1.807) is 12.1 Å². The van der Waals surface area contributed by atoms with Crippen LogP contribution in [-0.4, -0.2) is 48.2 Å². The number of hydrogen-bond donors (Lipinski definition) is 3. The molecule has 23 heavy (non-hydrogen) atoms. The number of nitro groups is 1. The van der Waals surface area contributed by atoms with Gasteiger partial charge in [0, 0.05) is 37.9 Å². The molecular weight excluding hydrogens is 306 g/mol. The topological polar surface area (TPSA) is 131 Å². The Labute approximate surface area is 132 Å². The molecule has 1 amide bonds. The van der Waals surface area contributed by atoms with E-state index in [4.69, 9.17) is 9.84 Å². The predicted octanol–water partition coefficient (Wildman–Crippen LogP) is 1.00. The third-order valence-corrected chi connectivity index (χ3v) is 3.03. The van der Waals surface area contributed by atoms with Gasteiger partial charge in [-0.1, -0.05) is 0 Å². The smallest absolute Gasteiger partial charge is 0.334 e. The third kappa shape index (κ3) is 6.74. The van der Waals surface area contributed by atoms with Crippen molar-refractivity contribution >= 4 is 23.3 Å². The van der Waals surface area contributed by atoms with E-state index >= 15 is 0 Å². The number of carboxylic acids is 1. The Morgan fingerprint density at radius 2 is 2.00 bits per heavy atom. The number of carbonyl (C=O) groups excluding carboxylic acids is 1. The number of carboxylic acid groups (broad SMARTS) is 1. The Morgan fingerprint density at radius 1 is 1.35 bits per heavy atom. The molecule has 0 aliphatic heterocycles.